The van der Waals surface area contributed by atoms with Crippen molar-refractivity contribution >= 4 is 129 Å². The number of nitrogens with two attached hydrogens (primary N) is 4. The molecule has 0 aromatic carbocycles. The maximum atomic E-state index is 14.5. The van der Waals surface area contributed by atoms with Crippen LogP contribution in [-0.4, -0.2) is 330 Å². The van der Waals surface area contributed by atoms with E-state index >= 15 is 0 Å². The van der Waals surface area contributed by atoms with Crippen LogP contribution >= 0.6 is 0 Å². The Morgan fingerprint density at radius 1 is 0.301 bits per heavy atom. The third kappa shape index (κ3) is 32.4. The molecule has 56 heteroatoms. The van der Waals surface area contributed by atoms with Gasteiger partial charge in [-0.3, -0.25) is 105 Å². The van der Waals surface area contributed by atoms with Crippen molar-refractivity contribution in [1.29, 1.82) is 0 Å². The van der Waals surface area contributed by atoms with Gasteiger partial charge in [0.25, 0.3) is 11.1 Å². The van der Waals surface area contributed by atoms with Crippen molar-refractivity contribution in [2.75, 3.05) is 154 Å². The monoisotopic (exact) mass is 1860 g/mol. The zero-order valence-corrected chi connectivity index (χ0v) is 72.2. The molecular weight excluding hydrogens is 1750 g/mol. The fourth-order valence-electron chi connectivity index (χ4n) is 13.3. The molecule has 8 aromatic rings. The van der Waals surface area contributed by atoms with E-state index in [0.29, 0.717) is 64.3 Å². The summed E-state index contributed by atoms with van der Waals surface area (Å²) in [6.45, 7) is -12.9. The molecule has 1 aliphatic heterocycles. The van der Waals surface area contributed by atoms with Crippen molar-refractivity contribution in [2.24, 2.45) is 0 Å². The second kappa shape index (κ2) is 49.8. The standard InChI is InChI=1S/C77H104N34O22/c78-48-12-24-106(74(130)92-48)40-60(122)101-31-21-88-59(121)39-105(65(127)45-111-47-91-67-69(111)97-73(81)99-71(67)129)33-23-89-56(118)36-102(61(123)41-107-25-13-49(79)93-75(107)131)30-20-87-58(120)38-104(64(126)44-110-46-90-66-68(110)96-72(80)98-70(66)128)28-18-84-51(113)11-7-3-5-9-16-82-50(112)10-6-2-1-4-8-17-83-54(116)34-100(62(124)42-108-26-14-52(114)94-76(108)132)29-19-85-57(119)37-103(32-22-86-55(117)35-101)63(125)43-109-27-15-53(115)95-77(109)133/h12-15,24-27,46-47H,1-11,16-23,28-45H2,(H,82,112)(H,83,116)(H,84,113)(H,85,119)(H,86,117)(H,87,120)(H,88,121)(H,89,118)(H2,78,92,130)(H2,79,93,131)(H,94,114,132)(H,95,115,133)(H3,80,96,98,128)(H3,81,97,99,129). The minimum absolute atomic E-state index is 0.0275. The van der Waals surface area contributed by atoms with Gasteiger partial charge in [0.1, 0.15) is 50.9 Å². The minimum atomic E-state index is -1.01. The van der Waals surface area contributed by atoms with Gasteiger partial charge in [-0.25, -0.2) is 29.1 Å². The zero-order chi connectivity index (χ0) is 96.2. The number of fused-ring (bicyclic) bond motifs is 2. The smallest absolute Gasteiger partial charge is 0.349 e. The highest BCUT2D eigenvalue weighted by Crippen LogP contribution is 2.22. The molecule has 20 N–H and O–H groups in total. The largest absolute Gasteiger partial charge is 0.492 e. The van der Waals surface area contributed by atoms with Gasteiger partial charge in [0.15, 0.2) is 22.3 Å². The molecule has 14 amide bonds. The summed E-state index contributed by atoms with van der Waals surface area (Å²) in [5.41, 5.74) is 17.2. The summed E-state index contributed by atoms with van der Waals surface area (Å²) in [4.78, 5) is 310. The van der Waals surface area contributed by atoms with Crippen LogP contribution in [0.5, 0.6) is 11.8 Å². The van der Waals surface area contributed by atoms with E-state index in [0.717, 1.165) is 89.3 Å². The predicted molar refractivity (Wildman–Crippen MR) is 466 cm³/mol. The van der Waals surface area contributed by atoms with Gasteiger partial charge >= 0.3 is 22.8 Å². The molecule has 0 spiro atoms. The van der Waals surface area contributed by atoms with Crippen molar-refractivity contribution in [3.8, 4) is 11.8 Å². The Bertz CT molecular complexity index is 5940. The number of rotatable bonds is 12. The molecule has 133 heavy (non-hydrogen) atoms. The molecule has 9 heterocycles. The Balaban J connectivity index is 0.929. The number of carbonyl (C=O) groups is 14. The number of hydrogen-bond donors (Lipinski definition) is 16. The summed E-state index contributed by atoms with van der Waals surface area (Å²) < 4.78 is 5.84. The Morgan fingerprint density at radius 2 is 0.556 bits per heavy atom. The van der Waals surface area contributed by atoms with Gasteiger partial charge in [0.05, 0.1) is 51.9 Å². The van der Waals surface area contributed by atoms with Crippen LogP contribution in [-0.2, 0) is 106 Å². The molecule has 8 aromatic heterocycles. The van der Waals surface area contributed by atoms with Crippen molar-refractivity contribution < 1.29 is 77.3 Å². The zero-order valence-electron chi connectivity index (χ0n) is 72.2. The number of hydrogen-bond acceptors (Lipinski definition) is 34. The molecule has 0 bridgehead atoms. The van der Waals surface area contributed by atoms with Gasteiger partial charge in [-0.2, -0.15) is 29.9 Å². The summed E-state index contributed by atoms with van der Waals surface area (Å²) in [5.74, 6) is -13.0. The van der Waals surface area contributed by atoms with Gasteiger partial charge < -0.3 is 114 Å². The fourth-order valence-corrected chi connectivity index (χ4v) is 13.3. The Kier molecular flexibility index (Phi) is 37.6. The highest BCUT2D eigenvalue weighted by Gasteiger charge is 2.29. The van der Waals surface area contributed by atoms with Crippen molar-refractivity contribution in [1.82, 2.24) is 149 Å². The maximum absolute atomic E-state index is 14.5. The number of aromatic nitrogens is 16. The second-order valence-electron chi connectivity index (χ2n) is 30.3. The lowest BCUT2D eigenvalue weighted by molar-refractivity contribution is -0.138. The molecule has 9 rings (SSSR count). The topological polar surface area (TPSA) is 766 Å². The van der Waals surface area contributed by atoms with Gasteiger partial charge in [-0.1, -0.05) is 32.1 Å². The van der Waals surface area contributed by atoms with Crippen molar-refractivity contribution in [3.05, 3.63) is 124 Å². The van der Waals surface area contributed by atoms with Gasteiger partial charge in [0.2, 0.25) is 106 Å². The first-order chi connectivity index (χ1) is 63.6. The molecule has 1 fully saturated rings. The second-order valence-corrected chi connectivity index (χ2v) is 30.3. The van der Waals surface area contributed by atoms with E-state index < -0.39 is 253 Å². The number of carbonyl (C=O) groups excluding carboxylic acids is 14. The summed E-state index contributed by atoms with van der Waals surface area (Å²) in [5, 5.41) is 42.1. The van der Waals surface area contributed by atoms with E-state index in [9.17, 15) is 106 Å². The fraction of sp³-hybridized carbons (Fsp3) is 0.481. The Labute approximate surface area is 752 Å². The predicted octanol–water partition coefficient (Wildman–Crippen LogP) is -10.8. The number of aromatic amines is 2. The lowest BCUT2D eigenvalue weighted by atomic mass is 10.1. The van der Waals surface area contributed by atoms with Crippen LogP contribution in [0.3, 0.4) is 0 Å². The van der Waals surface area contributed by atoms with Gasteiger partial charge in [0, 0.05) is 141 Å². The number of aromatic hydroxyl groups is 2. The summed E-state index contributed by atoms with van der Waals surface area (Å²) in [7, 11) is 0. The first-order valence-electron chi connectivity index (χ1n) is 42.0. The van der Waals surface area contributed by atoms with E-state index in [2.05, 4.69) is 82.4 Å². The van der Waals surface area contributed by atoms with Crippen LogP contribution in [0.25, 0.3) is 22.3 Å². The highest BCUT2D eigenvalue weighted by molar-refractivity contribution is 5.90. The van der Waals surface area contributed by atoms with Gasteiger partial charge in [-0.05, 0) is 37.8 Å². The van der Waals surface area contributed by atoms with Crippen LogP contribution in [0.4, 0.5) is 23.5 Å². The van der Waals surface area contributed by atoms with Crippen LogP contribution < -0.4 is 99.3 Å². The molecule has 0 aliphatic carbocycles. The van der Waals surface area contributed by atoms with Crippen molar-refractivity contribution in [3.63, 3.8) is 0 Å². The highest BCUT2D eigenvalue weighted by atomic mass is 16.3. The minimum Gasteiger partial charge on any atom is -0.492 e. The summed E-state index contributed by atoms with van der Waals surface area (Å²) in [6, 6.07) is 4.38. The van der Waals surface area contributed by atoms with E-state index in [4.69, 9.17) is 22.9 Å². The third-order valence-corrected chi connectivity index (χ3v) is 20.2. The molecule has 0 atom stereocenters. The number of amides is 14. The number of anilines is 4. The van der Waals surface area contributed by atoms with Crippen LogP contribution in [0.15, 0.2) is 90.5 Å². The van der Waals surface area contributed by atoms with Gasteiger partial charge in [-0.15, -0.1) is 0 Å². The van der Waals surface area contributed by atoms with Crippen LogP contribution in [0.2, 0.25) is 0 Å². The number of nitrogens with one attached hydrogen (secondary N) is 10. The third-order valence-electron chi connectivity index (χ3n) is 20.2. The number of imidazole rings is 2. The van der Waals surface area contributed by atoms with Crippen LogP contribution in [0, 0.1) is 0 Å². The first-order valence-corrected chi connectivity index (χ1v) is 42.0. The normalized spacial score (nSPS) is 16.3. The average molecular weight is 1860 g/mol. The lowest BCUT2D eigenvalue weighted by Gasteiger charge is -2.26. The molecule has 0 unspecified atom stereocenters. The molecule has 0 saturated carbocycles. The Morgan fingerprint density at radius 3 is 0.857 bits per heavy atom. The molecule has 714 valence electrons. The Hall–Kier alpha value is -16.4. The van der Waals surface area contributed by atoms with Crippen LogP contribution in [0.1, 0.15) is 70.6 Å². The molecule has 0 radical (unpaired) electrons. The SMILES string of the molecule is Nc1ccn(CC(=O)N2CCNC(=O)CN(C(=O)Cn3cnc4c(O)nc(N)nc43)CCNC(=O)CN(C(=O)Cn3ccc(N)nc3=O)CCNC(=O)CN(C(=O)Cn3cnc4c(O)nc(N)nc43)CCNC(=O)CCCCCCNC(=O)CCCCCCCNC(=O)CN(C(=O)Cn3ccc(=O)[nH]c3=O)CCNC(=O)CN(C(=O)Cn3ccc(=O)[nH]c3=O)CCNC(=O)C2)c(=O)n1. The van der Waals surface area contributed by atoms with Crippen molar-refractivity contribution in [2.45, 2.75) is 110 Å². The average Bonchev–Trinajstić information content (AvgIpc) is 1.66. The molecule has 1 aliphatic rings. The van der Waals surface area contributed by atoms with E-state index in [-0.39, 0.29) is 97.3 Å². The number of nitrogens with zero attached hydrogens (tertiary/aromatic N) is 20. The van der Waals surface area contributed by atoms with E-state index in [1.165, 1.54) is 29.2 Å². The molecule has 1 saturated heterocycles. The summed E-state index contributed by atoms with van der Waals surface area (Å²) in [6.07, 6.45) is 12.5. The van der Waals surface area contributed by atoms with E-state index in [1.54, 1.807) is 0 Å². The quantitative estimate of drug-likeness (QED) is 0.0540. The van der Waals surface area contributed by atoms with E-state index in [1.807, 2.05) is 9.97 Å². The molecule has 56 nitrogen and oxygen atoms in total. The number of H-pyrrole nitrogens is 2. The summed E-state index contributed by atoms with van der Waals surface area (Å²) >= 11 is 0. The molecular formula is C77H104N34O22. The first kappa shape index (κ1) is 100. The lowest BCUT2D eigenvalue weighted by Crippen LogP contribution is -2.50. The number of nitrogen functional groups attached to an aromatic ring is 4. The maximum Gasteiger partial charge on any atom is 0.349 e.